The van der Waals surface area contributed by atoms with Crippen LogP contribution in [-0.4, -0.2) is 12.8 Å². The zero-order valence-electron chi connectivity index (χ0n) is 11.9. The molecule has 3 N–H and O–H groups in total. The third-order valence-corrected chi connectivity index (χ3v) is 3.43. The van der Waals surface area contributed by atoms with Gasteiger partial charge >= 0.3 is 0 Å². The topological polar surface area (TPSA) is 47.9 Å². The van der Waals surface area contributed by atoms with E-state index in [2.05, 4.69) is 10.6 Å². The van der Waals surface area contributed by atoms with Gasteiger partial charge in [0.05, 0.1) is 5.69 Å². The first-order valence-electron chi connectivity index (χ1n) is 6.56. The highest BCUT2D eigenvalue weighted by molar-refractivity contribution is 6.30. The van der Waals surface area contributed by atoms with Crippen LogP contribution in [0.1, 0.15) is 18.1 Å². The van der Waals surface area contributed by atoms with Crippen LogP contribution < -0.4 is 10.6 Å². The minimum Gasteiger partial charge on any atom is -0.387 e. The van der Waals surface area contributed by atoms with Crippen molar-refractivity contribution in [2.24, 2.45) is 0 Å². The number of hydrogen-bond donors (Lipinski definition) is 3. The fourth-order valence-corrected chi connectivity index (χ4v) is 2.15. The van der Waals surface area contributed by atoms with Crippen molar-refractivity contribution in [3.8, 4) is 0 Å². The Balaban J connectivity index is 2.21. The summed E-state index contributed by atoms with van der Waals surface area (Å²) in [6, 6.07) is 10.4. The lowest BCUT2D eigenvalue weighted by Gasteiger charge is -2.13. The first-order valence-corrected chi connectivity index (χ1v) is 6.94. The Morgan fingerprint density at radius 2 is 1.86 bits per heavy atom. The van der Waals surface area contributed by atoms with E-state index in [1.54, 1.807) is 32.2 Å². The van der Waals surface area contributed by atoms with Gasteiger partial charge in [-0.3, -0.25) is 0 Å². The average molecular weight is 306 g/mol. The predicted octanol–water partition coefficient (Wildman–Crippen LogP) is 4.52. The van der Waals surface area contributed by atoms with E-state index in [-0.39, 0.29) is 5.82 Å². The van der Waals surface area contributed by atoms with Gasteiger partial charge in [0.15, 0.2) is 0 Å². The average Bonchev–Trinajstić information content (AvgIpc) is 2.47. The number of benzene rings is 2. The molecule has 2 rings (SSSR count). The highest BCUT2D eigenvalue weighted by Gasteiger charge is 2.10. The Morgan fingerprint density at radius 1 is 1.19 bits per heavy atom. The van der Waals surface area contributed by atoms with Crippen LogP contribution in [0, 0.1) is 11.2 Å². The molecular weight excluding hydrogens is 289 g/mol. The summed E-state index contributed by atoms with van der Waals surface area (Å²) in [5.41, 5.74) is 3.05. The summed E-state index contributed by atoms with van der Waals surface area (Å²) < 4.78 is 14.1. The lowest BCUT2D eigenvalue weighted by molar-refractivity contribution is 0.630. The summed E-state index contributed by atoms with van der Waals surface area (Å²) >= 11 is 5.83. The molecule has 2 aromatic carbocycles. The first-order chi connectivity index (χ1) is 10.0. The predicted molar refractivity (Wildman–Crippen MR) is 87.2 cm³/mol. The van der Waals surface area contributed by atoms with E-state index in [0.717, 1.165) is 5.56 Å². The first kappa shape index (κ1) is 15.3. The number of anilines is 2. The van der Waals surface area contributed by atoms with Crippen molar-refractivity contribution >= 4 is 28.7 Å². The molecule has 2 aromatic rings. The van der Waals surface area contributed by atoms with E-state index in [0.29, 0.717) is 34.2 Å². The second kappa shape index (κ2) is 6.59. The highest BCUT2D eigenvalue weighted by Crippen LogP contribution is 2.25. The number of halogens is 2. The van der Waals surface area contributed by atoms with E-state index < -0.39 is 0 Å². The molecule has 0 saturated heterocycles. The molecule has 0 fully saturated rings. The molecule has 0 radical (unpaired) electrons. The van der Waals surface area contributed by atoms with Crippen molar-refractivity contribution in [1.82, 2.24) is 0 Å². The van der Waals surface area contributed by atoms with Crippen molar-refractivity contribution in [2.45, 2.75) is 13.5 Å². The van der Waals surface area contributed by atoms with E-state index in [1.807, 2.05) is 12.1 Å². The lowest BCUT2D eigenvalue weighted by atomic mass is 10.1. The van der Waals surface area contributed by atoms with Crippen LogP contribution >= 0.6 is 11.6 Å². The van der Waals surface area contributed by atoms with Crippen molar-refractivity contribution in [3.63, 3.8) is 0 Å². The molecule has 0 saturated carbocycles. The Bertz CT molecular complexity index is 653. The molecule has 0 spiro atoms. The zero-order chi connectivity index (χ0) is 15.4. The van der Waals surface area contributed by atoms with Gasteiger partial charge in [-0.2, -0.15) is 0 Å². The van der Waals surface area contributed by atoms with Gasteiger partial charge in [0.2, 0.25) is 0 Å². The fourth-order valence-electron chi connectivity index (χ4n) is 2.03. The molecule has 0 aromatic heterocycles. The van der Waals surface area contributed by atoms with E-state index in [4.69, 9.17) is 17.0 Å². The molecule has 3 nitrogen and oxygen atoms in total. The molecule has 110 valence electrons. The van der Waals surface area contributed by atoms with Gasteiger partial charge in [0.25, 0.3) is 0 Å². The summed E-state index contributed by atoms with van der Waals surface area (Å²) in [5.74, 6) is -0.349. The second-order valence-corrected chi connectivity index (χ2v) is 5.17. The van der Waals surface area contributed by atoms with Crippen LogP contribution in [0.2, 0.25) is 5.02 Å². The van der Waals surface area contributed by atoms with E-state index >= 15 is 0 Å². The standard InChI is InChI=1S/C16H17ClFN3/c1-10(19)13-7-16(14(18)8-15(13)20-2)21-9-11-3-5-12(17)6-4-11/h3-8,19-21H,9H2,1-2H3. The summed E-state index contributed by atoms with van der Waals surface area (Å²) in [4.78, 5) is 0. The SMILES string of the molecule is CNc1cc(F)c(NCc2ccc(Cl)cc2)cc1C(C)=N. The Kier molecular flexibility index (Phi) is 4.81. The lowest BCUT2D eigenvalue weighted by Crippen LogP contribution is -2.06. The molecule has 0 aliphatic rings. The van der Waals surface area contributed by atoms with Crippen LogP contribution in [0.3, 0.4) is 0 Å². The molecule has 0 bridgehead atoms. The van der Waals surface area contributed by atoms with E-state index in [1.165, 1.54) is 6.07 Å². The summed E-state index contributed by atoms with van der Waals surface area (Å²) in [6.07, 6.45) is 0. The van der Waals surface area contributed by atoms with Crippen LogP contribution in [0.15, 0.2) is 36.4 Å². The van der Waals surface area contributed by atoms with Gasteiger partial charge in [0, 0.05) is 35.6 Å². The van der Waals surface area contributed by atoms with Gasteiger partial charge in [-0.25, -0.2) is 4.39 Å². The van der Waals surface area contributed by atoms with Crippen LogP contribution in [0.25, 0.3) is 0 Å². The van der Waals surface area contributed by atoms with Crippen molar-refractivity contribution < 1.29 is 4.39 Å². The minimum absolute atomic E-state index is 0.349. The normalized spacial score (nSPS) is 10.3. The monoisotopic (exact) mass is 305 g/mol. The molecule has 0 atom stereocenters. The van der Waals surface area contributed by atoms with Crippen molar-refractivity contribution in [1.29, 1.82) is 5.41 Å². The summed E-state index contributed by atoms with van der Waals surface area (Å²) in [5, 5.41) is 14.4. The third-order valence-electron chi connectivity index (χ3n) is 3.18. The van der Waals surface area contributed by atoms with Gasteiger partial charge in [0.1, 0.15) is 5.82 Å². The van der Waals surface area contributed by atoms with Gasteiger partial charge in [-0.15, -0.1) is 0 Å². The smallest absolute Gasteiger partial charge is 0.148 e. The van der Waals surface area contributed by atoms with Gasteiger partial charge in [-0.1, -0.05) is 23.7 Å². The number of hydrogen-bond acceptors (Lipinski definition) is 3. The molecule has 0 aliphatic heterocycles. The number of nitrogens with one attached hydrogen (secondary N) is 3. The zero-order valence-corrected chi connectivity index (χ0v) is 12.7. The molecule has 0 amide bonds. The Labute approximate surface area is 128 Å². The summed E-state index contributed by atoms with van der Waals surface area (Å²) in [6.45, 7) is 2.17. The number of rotatable bonds is 5. The third kappa shape index (κ3) is 3.73. The Morgan fingerprint density at radius 3 is 2.43 bits per heavy atom. The largest absolute Gasteiger partial charge is 0.387 e. The van der Waals surface area contributed by atoms with Crippen molar-refractivity contribution in [2.75, 3.05) is 17.7 Å². The van der Waals surface area contributed by atoms with Gasteiger partial charge < -0.3 is 16.0 Å². The molecule has 21 heavy (non-hydrogen) atoms. The van der Waals surface area contributed by atoms with Crippen LogP contribution in [0.5, 0.6) is 0 Å². The quantitative estimate of drug-likeness (QED) is 0.711. The molecule has 0 heterocycles. The Hall–Kier alpha value is -2.07. The van der Waals surface area contributed by atoms with Gasteiger partial charge in [-0.05, 0) is 36.8 Å². The minimum atomic E-state index is -0.349. The molecular formula is C16H17ClFN3. The van der Waals surface area contributed by atoms with Crippen molar-refractivity contribution in [3.05, 3.63) is 58.4 Å². The molecule has 5 heteroatoms. The maximum absolute atomic E-state index is 14.1. The highest BCUT2D eigenvalue weighted by atomic mass is 35.5. The maximum atomic E-state index is 14.1. The van der Waals surface area contributed by atoms with Crippen LogP contribution in [-0.2, 0) is 6.54 Å². The molecule has 0 unspecified atom stereocenters. The fraction of sp³-hybridized carbons (Fsp3) is 0.188. The maximum Gasteiger partial charge on any atom is 0.148 e. The molecule has 0 aliphatic carbocycles. The van der Waals surface area contributed by atoms with E-state index in [9.17, 15) is 4.39 Å². The van der Waals surface area contributed by atoms with Crippen LogP contribution in [0.4, 0.5) is 15.8 Å². The second-order valence-electron chi connectivity index (χ2n) is 4.73. The summed E-state index contributed by atoms with van der Waals surface area (Å²) in [7, 11) is 1.71.